The van der Waals surface area contributed by atoms with E-state index in [9.17, 15) is 18.0 Å². The molecule has 1 aromatic carbocycles. The molecule has 6 nitrogen and oxygen atoms in total. The van der Waals surface area contributed by atoms with Crippen molar-refractivity contribution in [2.75, 3.05) is 12.0 Å². The van der Waals surface area contributed by atoms with Crippen LogP contribution in [0, 0.1) is 0 Å². The minimum atomic E-state index is -3.47. The Kier molecular flexibility index (Phi) is 5.69. The van der Waals surface area contributed by atoms with Crippen LogP contribution in [0.2, 0.25) is 0 Å². The predicted molar refractivity (Wildman–Crippen MR) is 74.0 cm³/mol. The number of carbonyl (C=O) groups is 2. The lowest BCUT2D eigenvalue weighted by Gasteiger charge is -2.14. The van der Waals surface area contributed by atoms with Gasteiger partial charge in [-0.05, 0) is 18.4 Å². The van der Waals surface area contributed by atoms with Crippen molar-refractivity contribution in [1.82, 2.24) is 5.32 Å². The van der Waals surface area contributed by atoms with Crippen molar-refractivity contribution in [3.05, 3.63) is 35.9 Å². The topological polar surface area (TPSA) is 101 Å². The van der Waals surface area contributed by atoms with Crippen molar-refractivity contribution in [2.24, 2.45) is 0 Å². The molecule has 0 spiro atoms. The van der Waals surface area contributed by atoms with Crippen LogP contribution in [0.5, 0.6) is 0 Å². The zero-order chi connectivity index (χ0) is 15.2. The standard InChI is InChI=1S/C13H17NO5S/c1-20(18,19)9-12(15)14-11(13(16)17)8-7-10-5-3-2-4-6-10/h2-6,11H,7-9H2,1H3,(H,14,15)(H,16,17). The highest BCUT2D eigenvalue weighted by atomic mass is 32.2. The van der Waals surface area contributed by atoms with Crippen LogP contribution in [-0.2, 0) is 25.8 Å². The molecule has 1 aromatic rings. The van der Waals surface area contributed by atoms with Crippen LogP contribution in [0.15, 0.2) is 30.3 Å². The Hall–Kier alpha value is -1.89. The van der Waals surface area contributed by atoms with E-state index in [0.29, 0.717) is 6.42 Å². The van der Waals surface area contributed by atoms with Crippen molar-refractivity contribution in [2.45, 2.75) is 18.9 Å². The first-order valence-corrected chi connectivity index (χ1v) is 8.08. The second kappa shape index (κ2) is 7.04. The average molecular weight is 299 g/mol. The van der Waals surface area contributed by atoms with E-state index in [0.717, 1.165) is 11.8 Å². The lowest BCUT2D eigenvalue weighted by molar-refractivity contribution is -0.141. The second-order valence-electron chi connectivity index (χ2n) is 4.55. The first kappa shape index (κ1) is 16.2. The molecule has 7 heteroatoms. The maximum absolute atomic E-state index is 11.4. The number of aliphatic carboxylic acids is 1. The van der Waals surface area contributed by atoms with Crippen molar-refractivity contribution in [1.29, 1.82) is 0 Å². The Bertz CT molecular complexity index is 568. The number of aryl methyl sites for hydroxylation is 1. The highest BCUT2D eigenvalue weighted by Crippen LogP contribution is 2.05. The van der Waals surface area contributed by atoms with Crippen LogP contribution in [0.4, 0.5) is 0 Å². The van der Waals surface area contributed by atoms with Crippen molar-refractivity contribution in [3.8, 4) is 0 Å². The van der Waals surface area contributed by atoms with Crippen LogP contribution in [0.25, 0.3) is 0 Å². The molecule has 0 aliphatic rings. The molecule has 0 heterocycles. The van der Waals surface area contributed by atoms with Gasteiger partial charge in [0.15, 0.2) is 9.84 Å². The Morgan fingerprint density at radius 3 is 2.35 bits per heavy atom. The molecule has 1 unspecified atom stereocenters. The largest absolute Gasteiger partial charge is 0.480 e. The number of sulfone groups is 1. The van der Waals surface area contributed by atoms with E-state index < -0.39 is 33.5 Å². The van der Waals surface area contributed by atoms with Gasteiger partial charge in [-0.25, -0.2) is 13.2 Å². The number of hydrogen-bond donors (Lipinski definition) is 2. The summed E-state index contributed by atoms with van der Waals surface area (Å²) in [7, 11) is -3.47. The monoisotopic (exact) mass is 299 g/mol. The second-order valence-corrected chi connectivity index (χ2v) is 6.69. The average Bonchev–Trinajstić information content (AvgIpc) is 2.33. The van der Waals surface area contributed by atoms with Gasteiger partial charge in [-0.1, -0.05) is 30.3 Å². The van der Waals surface area contributed by atoms with E-state index in [1.165, 1.54) is 0 Å². The molecule has 0 saturated heterocycles. The molecule has 110 valence electrons. The fourth-order valence-corrected chi connectivity index (χ4v) is 2.25. The van der Waals surface area contributed by atoms with E-state index in [2.05, 4.69) is 5.32 Å². The minimum absolute atomic E-state index is 0.203. The molecule has 0 saturated carbocycles. The van der Waals surface area contributed by atoms with Gasteiger partial charge in [0, 0.05) is 6.26 Å². The highest BCUT2D eigenvalue weighted by Gasteiger charge is 2.21. The number of carboxylic acid groups (broad SMARTS) is 1. The smallest absolute Gasteiger partial charge is 0.326 e. The molecule has 1 rings (SSSR count). The summed E-state index contributed by atoms with van der Waals surface area (Å²) in [5, 5.41) is 11.3. The Labute approximate surface area is 117 Å². The fraction of sp³-hybridized carbons (Fsp3) is 0.385. The maximum Gasteiger partial charge on any atom is 0.326 e. The third-order valence-electron chi connectivity index (χ3n) is 2.59. The lowest BCUT2D eigenvalue weighted by Crippen LogP contribution is -2.43. The zero-order valence-electron chi connectivity index (χ0n) is 11.1. The van der Waals surface area contributed by atoms with Gasteiger partial charge in [-0.3, -0.25) is 4.79 Å². The number of hydrogen-bond acceptors (Lipinski definition) is 4. The van der Waals surface area contributed by atoms with Gasteiger partial charge in [0.05, 0.1) is 0 Å². The van der Waals surface area contributed by atoms with E-state index in [1.54, 1.807) is 0 Å². The van der Waals surface area contributed by atoms with Crippen LogP contribution >= 0.6 is 0 Å². The summed E-state index contributed by atoms with van der Waals surface area (Å²) in [6.07, 6.45) is 1.61. The van der Waals surface area contributed by atoms with E-state index >= 15 is 0 Å². The lowest BCUT2D eigenvalue weighted by atomic mass is 10.1. The summed E-state index contributed by atoms with van der Waals surface area (Å²) >= 11 is 0. The van der Waals surface area contributed by atoms with E-state index in [1.807, 2.05) is 30.3 Å². The van der Waals surface area contributed by atoms with Gasteiger partial charge >= 0.3 is 5.97 Å². The number of benzene rings is 1. The molecule has 20 heavy (non-hydrogen) atoms. The number of carbonyl (C=O) groups excluding carboxylic acids is 1. The molecule has 0 fully saturated rings. The first-order valence-electron chi connectivity index (χ1n) is 6.02. The third-order valence-corrected chi connectivity index (χ3v) is 3.38. The van der Waals surface area contributed by atoms with E-state index in [4.69, 9.17) is 5.11 Å². The van der Waals surface area contributed by atoms with Crippen molar-refractivity contribution < 1.29 is 23.1 Å². The SMILES string of the molecule is CS(=O)(=O)CC(=O)NC(CCc1ccccc1)C(=O)O. The van der Waals surface area contributed by atoms with Crippen molar-refractivity contribution >= 4 is 21.7 Å². The molecule has 1 atom stereocenters. The predicted octanol–water partition coefficient (Wildman–Crippen LogP) is 0.233. The number of carboxylic acids is 1. The van der Waals surface area contributed by atoms with Gasteiger partial charge < -0.3 is 10.4 Å². The van der Waals surface area contributed by atoms with Gasteiger partial charge in [0.1, 0.15) is 11.8 Å². The summed E-state index contributed by atoms with van der Waals surface area (Å²) in [6.45, 7) is 0. The van der Waals surface area contributed by atoms with Crippen LogP contribution in [0.1, 0.15) is 12.0 Å². The van der Waals surface area contributed by atoms with Gasteiger partial charge in [0.2, 0.25) is 5.91 Å². The first-order chi connectivity index (χ1) is 9.28. The Morgan fingerprint density at radius 2 is 1.85 bits per heavy atom. The van der Waals surface area contributed by atoms with Gasteiger partial charge in [-0.2, -0.15) is 0 Å². The molecule has 0 bridgehead atoms. The summed E-state index contributed by atoms with van der Waals surface area (Å²) in [5.74, 6) is -2.68. The van der Waals surface area contributed by atoms with Crippen molar-refractivity contribution in [3.63, 3.8) is 0 Å². The Morgan fingerprint density at radius 1 is 1.25 bits per heavy atom. The Balaban J connectivity index is 2.57. The normalized spacial score (nSPS) is 12.7. The number of nitrogens with one attached hydrogen (secondary N) is 1. The number of rotatable bonds is 7. The molecular weight excluding hydrogens is 282 g/mol. The zero-order valence-corrected chi connectivity index (χ0v) is 11.9. The van der Waals surface area contributed by atoms with Gasteiger partial charge in [0.25, 0.3) is 0 Å². The molecule has 0 aliphatic carbocycles. The summed E-state index contributed by atoms with van der Waals surface area (Å²) < 4.78 is 21.9. The number of amides is 1. The fourth-order valence-electron chi connectivity index (χ4n) is 1.69. The quantitative estimate of drug-likeness (QED) is 0.751. The summed E-state index contributed by atoms with van der Waals surface area (Å²) in [5.41, 5.74) is 0.955. The third kappa shape index (κ3) is 6.33. The molecule has 0 aliphatic heterocycles. The molecule has 0 radical (unpaired) electrons. The minimum Gasteiger partial charge on any atom is -0.480 e. The molecule has 2 N–H and O–H groups in total. The van der Waals surface area contributed by atoms with Crippen LogP contribution in [0.3, 0.4) is 0 Å². The summed E-state index contributed by atoms with van der Waals surface area (Å²) in [6, 6.07) is 8.16. The maximum atomic E-state index is 11.4. The molecule has 1 amide bonds. The molecular formula is C13H17NO5S. The van der Waals surface area contributed by atoms with Crippen LogP contribution in [-0.4, -0.2) is 43.5 Å². The van der Waals surface area contributed by atoms with E-state index in [-0.39, 0.29) is 6.42 Å². The summed E-state index contributed by atoms with van der Waals surface area (Å²) in [4.78, 5) is 22.5. The molecule has 0 aromatic heterocycles. The van der Waals surface area contributed by atoms with Gasteiger partial charge in [-0.15, -0.1) is 0 Å². The van der Waals surface area contributed by atoms with Crippen LogP contribution < -0.4 is 5.32 Å². The highest BCUT2D eigenvalue weighted by molar-refractivity contribution is 7.91.